The van der Waals surface area contributed by atoms with Crippen molar-refractivity contribution in [3.8, 4) is 0 Å². The molecule has 0 saturated heterocycles. The largest absolute Gasteiger partial charge is 0.469 e. The molecule has 1 N–H and O–H groups in total. The van der Waals surface area contributed by atoms with Gasteiger partial charge < -0.3 is 10.1 Å². The van der Waals surface area contributed by atoms with E-state index in [4.69, 9.17) is 4.74 Å². The molecule has 106 valence electrons. The van der Waals surface area contributed by atoms with E-state index in [0.717, 1.165) is 6.42 Å². The fraction of sp³-hybridized carbons (Fsp3) is 0.857. The molecule has 2 unspecified atom stereocenters. The van der Waals surface area contributed by atoms with E-state index in [0.29, 0.717) is 13.0 Å². The molecule has 0 saturated carbocycles. The molecule has 0 bridgehead atoms. The third kappa shape index (κ3) is 5.52. The third-order valence-electron chi connectivity index (χ3n) is 3.10. The van der Waals surface area contributed by atoms with E-state index in [9.17, 15) is 9.59 Å². The van der Waals surface area contributed by atoms with Crippen molar-refractivity contribution in [2.24, 2.45) is 17.3 Å². The lowest BCUT2D eigenvalue weighted by Crippen LogP contribution is -2.40. The highest BCUT2D eigenvalue weighted by molar-refractivity contribution is 5.80. The molecule has 0 aromatic rings. The van der Waals surface area contributed by atoms with Crippen LogP contribution in [0.4, 0.5) is 0 Å². The summed E-state index contributed by atoms with van der Waals surface area (Å²) in [5, 5.41) is 2.91. The molecular weight excluding hydrogens is 230 g/mol. The summed E-state index contributed by atoms with van der Waals surface area (Å²) in [6.07, 6.45) is 1.43. The predicted octanol–water partition coefficient (Wildman–Crippen LogP) is 2.37. The summed E-state index contributed by atoms with van der Waals surface area (Å²) in [7, 11) is 1.38. The molecule has 0 aliphatic carbocycles. The average Bonchev–Trinajstić information content (AvgIpc) is 2.29. The number of hydrogen-bond donors (Lipinski definition) is 1. The molecule has 0 spiro atoms. The maximum atomic E-state index is 12.1. The molecule has 0 aliphatic heterocycles. The first-order valence-electron chi connectivity index (χ1n) is 6.59. The zero-order valence-electron chi connectivity index (χ0n) is 12.5. The Morgan fingerprint density at radius 1 is 1.28 bits per heavy atom. The molecule has 4 heteroatoms. The van der Waals surface area contributed by atoms with Gasteiger partial charge in [0.05, 0.1) is 13.0 Å². The number of carbonyl (C=O) groups is 2. The van der Waals surface area contributed by atoms with E-state index in [1.807, 2.05) is 27.7 Å². The lowest BCUT2D eigenvalue weighted by Gasteiger charge is -2.31. The van der Waals surface area contributed by atoms with Crippen molar-refractivity contribution >= 4 is 11.9 Å². The molecule has 2 atom stereocenters. The molecule has 0 aromatic heterocycles. The standard InChI is InChI=1S/C14H27NO3/c1-7-8-15-12(16)11(14(3,4)5)9-10(2)13(17)18-6/h10-11H,7-9H2,1-6H3,(H,15,16). The first-order chi connectivity index (χ1) is 8.23. The lowest BCUT2D eigenvalue weighted by atomic mass is 9.75. The Hall–Kier alpha value is -1.06. The van der Waals surface area contributed by atoms with Gasteiger partial charge in [0.1, 0.15) is 0 Å². The summed E-state index contributed by atoms with van der Waals surface area (Å²) in [5.41, 5.74) is -0.167. The highest BCUT2D eigenvalue weighted by Crippen LogP contribution is 2.31. The van der Waals surface area contributed by atoms with Crippen molar-refractivity contribution in [2.75, 3.05) is 13.7 Å². The number of rotatable bonds is 6. The van der Waals surface area contributed by atoms with Crippen LogP contribution in [0.15, 0.2) is 0 Å². The molecule has 0 rings (SSSR count). The van der Waals surface area contributed by atoms with Gasteiger partial charge >= 0.3 is 5.97 Å². The maximum Gasteiger partial charge on any atom is 0.308 e. The number of esters is 1. The van der Waals surface area contributed by atoms with Crippen molar-refractivity contribution < 1.29 is 14.3 Å². The monoisotopic (exact) mass is 257 g/mol. The van der Waals surface area contributed by atoms with E-state index in [1.54, 1.807) is 6.92 Å². The van der Waals surface area contributed by atoms with Crippen LogP contribution in [0.1, 0.15) is 47.5 Å². The Labute approximate surface area is 110 Å². The number of methoxy groups -OCH3 is 1. The van der Waals surface area contributed by atoms with Crippen LogP contribution in [0, 0.1) is 17.3 Å². The Balaban J connectivity index is 4.70. The second-order valence-corrected chi connectivity index (χ2v) is 5.87. The Morgan fingerprint density at radius 2 is 1.83 bits per heavy atom. The van der Waals surface area contributed by atoms with E-state index < -0.39 is 0 Å². The second-order valence-electron chi connectivity index (χ2n) is 5.87. The van der Waals surface area contributed by atoms with E-state index >= 15 is 0 Å². The number of hydrogen-bond acceptors (Lipinski definition) is 3. The molecule has 18 heavy (non-hydrogen) atoms. The zero-order valence-corrected chi connectivity index (χ0v) is 12.5. The molecule has 0 radical (unpaired) electrons. The SMILES string of the molecule is CCCNC(=O)C(CC(C)C(=O)OC)C(C)(C)C. The quantitative estimate of drug-likeness (QED) is 0.743. The van der Waals surface area contributed by atoms with Crippen LogP contribution < -0.4 is 5.32 Å². The van der Waals surface area contributed by atoms with Crippen LogP contribution in [0.5, 0.6) is 0 Å². The summed E-state index contributed by atoms with van der Waals surface area (Å²) in [4.78, 5) is 23.6. The minimum atomic E-state index is -0.258. The van der Waals surface area contributed by atoms with Crippen LogP contribution in [-0.2, 0) is 14.3 Å². The number of nitrogens with one attached hydrogen (secondary N) is 1. The Kier molecular flexibility index (Phi) is 6.96. The number of carbonyl (C=O) groups excluding carboxylic acids is 2. The van der Waals surface area contributed by atoms with Crippen molar-refractivity contribution in [2.45, 2.75) is 47.5 Å². The molecule has 0 fully saturated rings. The van der Waals surface area contributed by atoms with Crippen LogP contribution in [0.2, 0.25) is 0 Å². The molecule has 1 amide bonds. The average molecular weight is 257 g/mol. The Bertz CT molecular complexity index is 281. The highest BCUT2D eigenvalue weighted by Gasteiger charge is 2.34. The van der Waals surface area contributed by atoms with Crippen molar-refractivity contribution in [1.29, 1.82) is 0 Å². The summed E-state index contributed by atoms with van der Waals surface area (Å²) in [6.45, 7) is 10.6. The summed E-state index contributed by atoms with van der Waals surface area (Å²) >= 11 is 0. The van der Waals surface area contributed by atoms with Crippen molar-refractivity contribution in [1.82, 2.24) is 5.32 Å². The van der Waals surface area contributed by atoms with Gasteiger partial charge in [-0.3, -0.25) is 9.59 Å². The van der Waals surface area contributed by atoms with Crippen LogP contribution in [-0.4, -0.2) is 25.5 Å². The van der Waals surface area contributed by atoms with Gasteiger partial charge in [0.25, 0.3) is 0 Å². The third-order valence-corrected chi connectivity index (χ3v) is 3.10. The van der Waals surface area contributed by atoms with Gasteiger partial charge in [-0.1, -0.05) is 34.6 Å². The van der Waals surface area contributed by atoms with Gasteiger partial charge in [0, 0.05) is 12.5 Å². The minimum Gasteiger partial charge on any atom is -0.469 e. The summed E-state index contributed by atoms with van der Waals surface area (Å²) < 4.78 is 4.72. The molecular formula is C14H27NO3. The summed E-state index contributed by atoms with van der Waals surface area (Å²) in [6, 6.07) is 0. The second kappa shape index (κ2) is 7.39. The van der Waals surface area contributed by atoms with Crippen LogP contribution in [0.25, 0.3) is 0 Å². The normalized spacial score (nSPS) is 14.8. The molecule has 0 aliphatic rings. The highest BCUT2D eigenvalue weighted by atomic mass is 16.5. The molecule has 4 nitrogen and oxygen atoms in total. The lowest BCUT2D eigenvalue weighted by molar-refractivity contribution is -0.146. The van der Waals surface area contributed by atoms with Gasteiger partial charge in [0.2, 0.25) is 5.91 Å². The number of amides is 1. The molecule has 0 heterocycles. The maximum absolute atomic E-state index is 12.1. The van der Waals surface area contributed by atoms with Gasteiger partial charge in [-0.25, -0.2) is 0 Å². The summed E-state index contributed by atoms with van der Waals surface area (Å²) in [5.74, 6) is -0.669. The van der Waals surface area contributed by atoms with E-state index in [-0.39, 0.29) is 29.1 Å². The van der Waals surface area contributed by atoms with Gasteiger partial charge in [-0.05, 0) is 18.3 Å². The fourth-order valence-electron chi connectivity index (χ4n) is 1.88. The van der Waals surface area contributed by atoms with Crippen molar-refractivity contribution in [3.63, 3.8) is 0 Å². The van der Waals surface area contributed by atoms with Crippen LogP contribution >= 0.6 is 0 Å². The van der Waals surface area contributed by atoms with Gasteiger partial charge in [0.15, 0.2) is 0 Å². The fourth-order valence-corrected chi connectivity index (χ4v) is 1.88. The Morgan fingerprint density at radius 3 is 2.22 bits per heavy atom. The van der Waals surface area contributed by atoms with Gasteiger partial charge in [-0.2, -0.15) is 0 Å². The van der Waals surface area contributed by atoms with Crippen LogP contribution in [0.3, 0.4) is 0 Å². The zero-order chi connectivity index (χ0) is 14.3. The topological polar surface area (TPSA) is 55.4 Å². The van der Waals surface area contributed by atoms with Gasteiger partial charge in [-0.15, -0.1) is 0 Å². The first kappa shape index (κ1) is 16.9. The number of ether oxygens (including phenoxy) is 1. The van der Waals surface area contributed by atoms with E-state index in [1.165, 1.54) is 7.11 Å². The predicted molar refractivity (Wildman–Crippen MR) is 72.0 cm³/mol. The molecule has 0 aromatic carbocycles. The van der Waals surface area contributed by atoms with E-state index in [2.05, 4.69) is 5.32 Å². The first-order valence-corrected chi connectivity index (χ1v) is 6.59. The smallest absolute Gasteiger partial charge is 0.308 e. The van der Waals surface area contributed by atoms with Crippen molar-refractivity contribution in [3.05, 3.63) is 0 Å². The minimum absolute atomic E-state index is 0.0279.